The third-order valence-electron chi connectivity index (χ3n) is 6.18. The van der Waals surface area contributed by atoms with Gasteiger partial charge in [-0.05, 0) is 37.8 Å². The molecule has 0 bridgehead atoms. The Morgan fingerprint density at radius 1 is 0.515 bits per heavy atom. The van der Waals surface area contributed by atoms with E-state index in [9.17, 15) is 0 Å². The number of aryl methyl sites for hydroxylation is 4. The number of benzene rings is 4. The van der Waals surface area contributed by atoms with Gasteiger partial charge < -0.3 is 24.8 Å². The largest absolute Gasteiger partial charge is 4.00 e. The van der Waals surface area contributed by atoms with E-state index in [0.717, 1.165) is 12.8 Å². The van der Waals surface area contributed by atoms with Gasteiger partial charge in [0.05, 0.1) is 0 Å². The first-order chi connectivity index (χ1) is 14.5. The van der Waals surface area contributed by atoms with Crippen molar-refractivity contribution >= 4 is 0 Å². The van der Waals surface area contributed by atoms with Gasteiger partial charge in [-0.15, -0.1) is 22.3 Å². The smallest absolute Gasteiger partial charge is 1.00 e. The Morgan fingerprint density at radius 3 is 1.27 bits per heavy atom. The molecule has 0 radical (unpaired) electrons. The summed E-state index contributed by atoms with van der Waals surface area (Å²) in [6.45, 7) is 8.51. The van der Waals surface area contributed by atoms with Gasteiger partial charge in [0.25, 0.3) is 0 Å². The van der Waals surface area contributed by atoms with Crippen molar-refractivity contribution in [1.29, 1.82) is 0 Å². The number of halogens is 2. The molecule has 0 atom stereocenters. The molecule has 33 heavy (non-hydrogen) atoms. The van der Waals surface area contributed by atoms with Crippen LogP contribution in [0.3, 0.4) is 0 Å². The Morgan fingerprint density at radius 2 is 0.879 bits per heavy atom. The topological polar surface area (TPSA) is 0 Å². The summed E-state index contributed by atoms with van der Waals surface area (Å²) in [6.07, 6.45) is 2.10. The molecule has 0 unspecified atom stereocenters. The first-order valence-electron chi connectivity index (χ1n) is 10.7. The van der Waals surface area contributed by atoms with E-state index in [0.29, 0.717) is 0 Å². The average Bonchev–Trinajstić information content (AvgIpc) is 3.23. The Bertz CT molecular complexity index is 1090. The normalized spacial score (nSPS) is 11.3. The van der Waals surface area contributed by atoms with Crippen LogP contribution in [-0.2, 0) is 39.0 Å². The van der Waals surface area contributed by atoms with Crippen molar-refractivity contribution in [3.63, 3.8) is 0 Å². The molecule has 3 heteroatoms. The third-order valence-corrected chi connectivity index (χ3v) is 6.18. The molecule has 164 valence electrons. The van der Waals surface area contributed by atoms with Crippen molar-refractivity contribution in [2.75, 3.05) is 0 Å². The van der Waals surface area contributed by atoms with Crippen molar-refractivity contribution < 1.29 is 51.0 Å². The predicted molar refractivity (Wildman–Crippen MR) is 126 cm³/mol. The van der Waals surface area contributed by atoms with E-state index < -0.39 is 0 Å². The minimum absolute atomic E-state index is 0. The minimum atomic E-state index is 0. The Kier molecular flexibility index (Phi) is 9.35. The van der Waals surface area contributed by atoms with Gasteiger partial charge in [-0.25, -0.2) is 0 Å². The molecule has 4 aromatic carbocycles. The molecule has 0 saturated heterocycles. The summed E-state index contributed by atoms with van der Waals surface area (Å²) in [4.78, 5) is 0. The van der Waals surface area contributed by atoms with Crippen LogP contribution in [-0.4, -0.2) is 0 Å². The second-order valence-corrected chi connectivity index (χ2v) is 8.74. The Balaban J connectivity index is 0.000000214. The molecule has 0 amide bonds. The van der Waals surface area contributed by atoms with E-state index in [2.05, 4.69) is 100 Å². The second kappa shape index (κ2) is 11.2. The molecule has 0 heterocycles. The molecular weight excluding hydrogens is 522 g/mol. The Labute approximate surface area is 229 Å². The maximum atomic E-state index is 3.45. The fourth-order valence-electron chi connectivity index (χ4n) is 4.74. The van der Waals surface area contributed by atoms with Crippen molar-refractivity contribution in [2.45, 2.75) is 40.5 Å². The summed E-state index contributed by atoms with van der Waals surface area (Å²) in [5, 5.41) is 0. The molecule has 0 nitrogen and oxygen atoms in total. The van der Waals surface area contributed by atoms with Crippen LogP contribution in [0, 0.1) is 39.8 Å². The van der Waals surface area contributed by atoms with Gasteiger partial charge in [-0.2, -0.15) is 47.5 Å². The summed E-state index contributed by atoms with van der Waals surface area (Å²) in [5.41, 5.74) is 16.3. The van der Waals surface area contributed by atoms with Crippen molar-refractivity contribution in [3.8, 4) is 22.3 Å². The molecule has 0 saturated carbocycles. The monoisotopic (exact) mass is 546 g/mol. The molecule has 0 aromatic heterocycles. The van der Waals surface area contributed by atoms with Crippen LogP contribution in [0.2, 0.25) is 0 Å². The summed E-state index contributed by atoms with van der Waals surface area (Å²) < 4.78 is 0. The van der Waals surface area contributed by atoms with Crippen LogP contribution in [0.4, 0.5) is 0 Å². The second-order valence-electron chi connectivity index (χ2n) is 8.74. The summed E-state index contributed by atoms with van der Waals surface area (Å²) in [5.74, 6) is 0. The summed E-state index contributed by atoms with van der Waals surface area (Å²) >= 11 is 0. The fourth-order valence-corrected chi connectivity index (χ4v) is 4.74. The maximum Gasteiger partial charge on any atom is 4.00 e. The van der Waals surface area contributed by atoms with Crippen LogP contribution < -0.4 is 24.8 Å². The van der Waals surface area contributed by atoms with E-state index >= 15 is 0 Å². The molecule has 0 aliphatic heterocycles. The minimum Gasteiger partial charge on any atom is -1.00 e. The van der Waals surface area contributed by atoms with E-state index in [1.54, 1.807) is 0 Å². The molecule has 0 spiro atoms. The van der Waals surface area contributed by atoms with Crippen LogP contribution in [0.25, 0.3) is 22.3 Å². The maximum absolute atomic E-state index is 3.45. The summed E-state index contributed by atoms with van der Waals surface area (Å²) in [6, 6.07) is 29.1. The molecule has 2 aliphatic rings. The van der Waals surface area contributed by atoms with Gasteiger partial charge in [0.15, 0.2) is 0 Å². The molecule has 0 fully saturated rings. The van der Waals surface area contributed by atoms with Gasteiger partial charge in [0, 0.05) is 0 Å². The van der Waals surface area contributed by atoms with Gasteiger partial charge in [-0.3, -0.25) is 0 Å². The van der Waals surface area contributed by atoms with Gasteiger partial charge in [-0.1, -0.05) is 72.5 Å². The molecule has 6 rings (SSSR count). The van der Waals surface area contributed by atoms with Crippen LogP contribution in [0.15, 0.2) is 60.7 Å². The van der Waals surface area contributed by atoms with Crippen LogP contribution in [0.5, 0.6) is 0 Å². The third kappa shape index (κ3) is 5.54. The zero-order valence-corrected chi connectivity index (χ0v) is 23.4. The van der Waals surface area contributed by atoms with Crippen molar-refractivity contribution in [3.05, 3.63) is 117 Å². The zero-order chi connectivity index (χ0) is 20.8. The number of rotatable bonds is 0. The summed E-state index contributed by atoms with van der Waals surface area (Å²) in [7, 11) is 0. The standard InChI is InChI=1S/2C15H13.2ClH.Zr/c2*1-10-3-5-14-12(7-10)9-13-8-11(2)4-6-15(13)14;;;/h2*3-7H,9H2,1-2H3;2*1H;/q2*-1;;;+4/p-2. The molecule has 2 aliphatic carbocycles. The van der Waals surface area contributed by atoms with E-state index in [1.807, 2.05) is 0 Å². The molecular formula is C30H26Cl2Zr. The van der Waals surface area contributed by atoms with Crippen LogP contribution in [0.1, 0.15) is 44.5 Å². The van der Waals surface area contributed by atoms with Crippen molar-refractivity contribution in [1.82, 2.24) is 0 Å². The van der Waals surface area contributed by atoms with E-state index in [4.69, 9.17) is 0 Å². The fraction of sp³-hybridized carbons (Fsp3) is 0.200. The van der Waals surface area contributed by atoms with E-state index in [1.165, 1.54) is 66.8 Å². The van der Waals surface area contributed by atoms with Gasteiger partial charge in [0.1, 0.15) is 0 Å². The van der Waals surface area contributed by atoms with Gasteiger partial charge in [0.2, 0.25) is 0 Å². The average molecular weight is 549 g/mol. The quantitative estimate of drug-likeness (QED) is 0.252. The number of hydrogen-bond acceptors (Lipinski definition) is 0. The number of fused-ring (bicyclic) bond motifs is 6. The van der Waals surface area contributed by atoms with Gasteiger partial charge >= 0.3 is 26.2 Å². The van der Waals surface area contributed by atoms with Crippen LogP contribution >= 0.6 is 0 Å². The SMILES string of the molecule is Cc1[c-]c2c(cc1)-c1ccc(C)cc1C2.Cc1[c-]c2c(cc1)-c1ccc(C)cc1C2.[Cl-].[Cl-].[Zr+4]. The first kappa shape index (κ1) is 27.6. The molecule has 0 N–H and O–H groups in total. The Hall–Kier alpha value is -1.66. The number of hydrogen-bond donors (Lipinski definition) is 0. The predicted octanol–water partition coefficient (Wildman–Crippen LogP) is 1.36. The zero-order valence-electron chi connectivity index (χ0n) is 19.4. The van der Waals surface area contributed by atoms with E-state index in [-0.39, 0.29) is 51.0 Å². The van der Waals surface area contributed by atoms with Crippen molar-refractivity contribution in [2.24, 2.45) is 0 Å². The molecule has 4 aromatic rings. The first-order valence-corrected chi connectivity index (χ1v) is 10.7.